The van der Waals surface area contributed by atoms with E-state index in [0.29, 0.717) is 6.54 Å². The number of unbranched alkanes of at least 4 members (excludes halogenated alkanes) is 2. The summed E-state index contributed by atoms with van der Waals surface area (Å²) in [6, 6.07) is 16.7. The van der Waals surface area contributed by atoms with Gasteiger partial charge in [0.2, 0.25) is 5.91 Å². The van der Waals surface area contributed by atoms with Gasteiger partial charge in [-0.3, -0.25) is 19.2 Å². The molecular formula is C30H38N6O. The molecule has 5 rings (SSSR count). The highest BCUT2D eigenvalue weighted by molar-refractivity contribution is 5.92. The summed E-state index contributed by atoms with van der Waals surface area (Å²) in [4.78, 5) is 17.5. The monoisotopic (exact) mass is 498 g/mol. The molecule has 0 unspecified atom stereocenters. The van der Waals surface area contributed by atoms with Crippen molar-refractivity contribution >= 4 is 17.7 Å². The molecule has 1 saturated heterocycles. The lowest BCUT2D eigenvalue weighted by Crippen LogP contribution is -2.48. The first-order valence-electron chi connectivity index (χ1n) is 13.7. The van der Waals surface area contributed by atoms with Crippen molar-refractivity contribution in [3.63, 3.8) is 0 Å². The molecule has 0 saturated carbocycles. The molecule has 3 heterocycles. The summed E-state index contributed by atoms with van der Waals surface area (Å²) in [5, 5.41) is 12.0. The number of anilines is 1. The molecule has 0 radical (unpaired) electrons. The lowest BCUT2D eigenvalue weighted by atomic mass is 10.0. The van der Waals surface area contributed by atoms with Crippen LogP contribution in [0.3, 0.4) is 0 Å². The minimum Gasteiger partial charge on any atom is -0.325 e. The molecule has 7 heteroatoms. The molecule has 3 aromatic rings. The predicted molar refractivity (Wildman–Crippen MR) is 149 cm³/mol. The number of benzene rings is 2. The average molecular weight is 499 g/mol. The van der Waals surface area contributed by atoms with Gasteiger partial charge in [-0.25, -0.2) is 0 Å². The van der Waals surface area contributed by atoms with E-state index in [9.17, 15) is 4.79 Å². The maximum atomic E-state index is 12.8. The number of aromatic nitrogens is 3. The Balaban J connectivity index is 1.11. The van der Waals surface area contributed by atoms with Crippen LogP contribution in [0.1, 0.15) is 49.0 Å². The first-order valence-corrected chi connectivity index (χ1v) is 13.7. The molecule has 0 spiro atoms. The lowest BCUT2D eigenvalue weighted by molar-refractivity contribution is -0.117. The summed E-state index contributed by atoms with van der Waals surface area (Å²) in [7, 11) is 0. The number of piperazine rings is 1. The number of carbonyl (C=O) groups is 1. The Hall–Kier alpha value is -3.29. The van der Waals surface area contributed by atoms with Crippen LogP contribution in [0, 0.1) is 0 Å². The molecule has 0 atom stereocenters. The SMILES string of the molecule is CCCCCc1nnc2n1-c1ccc(NC(=O)CN3CCN(C/C=C/c4ccccc4)CC3)cc1CC2. The maximum Gasteiger partial charge on any atom is 0.238 e. The standard InChI is InChI=1S/C30H38N6O/c1-2-3-5-12-28-32-33-29-16-13-25-22-26(14-15-27(25)36(28)29)31-30(37)23-35-20-18-34(19-21-35)17-8-11-24-9-6-4-7-10-24/h4,6-11,14-15,22H,2-3,5,12-13,16-21,23H2,1H3,(H,31,37)/b11-8+. The smallest absolute Gasteiger partial charge is 0.238 e. The highest BCUT2D eigenvalue weighted by Gasteiger charge is 2.22. The molecule has 0 bridgehead atoms. The minimum absolute atomic E-state index is 0.0541. The number of carbonyl (C=O) groups excluding carboxylic acids is 1. The zero-order valence-corrected chi connectivity index (χ0v) is 21.9. The van der Waals surface area contributed by atoms with Gasteiger partial charge in [-0.15, -0.1) is 10.2 Å². The average Bonchev–Trinajstić information content (AvgIpc) is 3.34. The van der Waals surface area contributed by atoms with Crippen LogP contribution in [-0.4, -0.2) is 69.7 Å². The van der Waals surface area contributed by atoms with Gasteiger partial charge in [0.1, 0.15) is 11.6 Å². The van der Waals surface area contributed by atoms with Crippen LogP contribution in [0.5, 0.6) is 0 Å². The molecule has 2 aliphatic heterocycles. The van der Waals surface area contributed by atoms with Gasteiger partial charge >= 0.3 is 0 Å². The zero-order chi connectivity index (χ0) is 25.5. The van der Waals surface area contributed by atoms with Crippen LogP contribution in [0.25, 0.3) is 11.8 Å². The molecule has 2 aromatic carbocycles. The van der Waals surface area contributed by atoms with Gasteiger partial charge in [0, 0.05) is 51.3 Å². The van der Waals surface area contributed by atoms with Crippen LogP contribution < -0.4 is 5.32 Å². The van der Waals surface area contributed by atoms with Crippen LogP contribution in [0.4, 0.5) is 5.69 Å². The summed E-state index contributed by atoms with van der Waals surface area (Å²) < 4.78 is 2.23. The van der Waals surface area contributed by atoms with E-state index in [1.165, 1.54) is 24.0 Å². The van der Waals surface area contributed by atoms with Gasteiger partial charge in [0.15, 0.2) is 0 Å². The number of hydrogen-bond donors (Lipinski definition) is 1. The first kappa shape index (κ1) is 25.4. The van der Waals surface area contributed by atoms with Crippen LogP contribution in [-0.2, 0) is 24.1 Å². The van der Waals surface area contributed by atoms with Crippen LogP contribution >= 0.6 is 0 Å². The molecule has 0 aliphatic carbocycles. The fraction of sp³-hybridized carbons (Fsp3) is 0.433. The van der Waals surface area contributed by atoms with Crippen LogP contribution in [0.15, 0.2) is 54.6 Å². The molecule has 37 heavy (non-hydrogen) atoms. The quantitative estimate of drug-likeness (QED) is 0.421. The third-order valence-corrected chi connectivity index (χ3v) is 7.33. The van der Waals surface area contributed by atoms with Crippen molar-refractivity contribution < 1.29 is 4.79 Å². The van der Waals surface area contributed by atoms with Gasteiger partial charge in [0.25, 0.3) is 0 Å². The summed E-state index contributed by atoms with van der Waals surface area (Å²) in [6.07, 6.45) is 10.7. The van der Waals surface area contributed by atoms with Crippen molar-refractivity contribution in [2.24, 2.45) is 0 Å². The molecule has 2 aliphatic rings. The summed E-state index contributed by atoms with van der Waals surface area (Å²) in [5.41, 5.74) is 4.51. The van der Waals surface area contributed by atoms with Crippen LogP contribution in [0.2, 0.25) is 0 Å². The van der Waals surface area contributed by atoms with E-state index in [1.807, 2.05) is 12.1 Å². The zero-order valence-electron chi connectivity index (χ0n) is 21.9. The number of nitrogens with one attached hydrogen (secondary N) is 1. The molecule has 1 N–H and O–H groups in total. The Labute approximate surface area is 220 Å². The van der Waals surface area contributed by atoms with Gasteiger partial charge in [-0.2, -0.15) is 0 Å². The third kappa shape index (κ3) is 6.53. The summed E-state index contributed by atoms with van der Waals surface area (Å²) in [6.45, 7) is 7.37. The van der Waals surface area contributed by atoms with Crippen molar-refractivity contribution in [1.29, 1.82) is 0 Å². The normalized spacial score (nSPS) is 16.0. The fourth-order valence-corrected chi connectivity index (χ4v) is 5.25. The van der Waals surface area contributed by atoms with Gasteiger partial charge in [-0.1, -0.05) is 62.2 Å². The summed E-state index contributed by atoms with van der Waals surface area (Å²) >= 11 is 0. The second-order valence-electron chi connectivity index (χ2n) is 10.1. The highest BCUT2D eigenvalue weighted by Crippen LogP contribution is 2.28. The Kier molecular flexibility index (Phi) is 8.43. The van der Waals surface area contributed by atoms with Gasteiger partial charge in [0.05, 0.1) is 12.2 Å². The third-order valence-electron chi connectivity index (χ3n) is 7.33. The van der Waals surface area contributed by atoms with E-state index in [0.717, 1.165) is 81.4 Å². The number of fused-ring (bicyclic) bond motifs is 3. The number of amides is 1. The maximum absolute atomic E-state index is 12.8. The largest absolute Gasteiger partial charge is 0.325 e. The molecule has 1 aromatic heterocycles. The second-order valence-corrected chi connectivity index (χ2v) is 10.1. The predicted octanol–water partition coefficient (Wildman–Crippen LogP) is 4.37. The van der Waals surface area contributed by atoms with Gasteiger partial charge < -0.3 is 5.32 Å². The van der Waals surface area contributed by atoms with E-state index >= 15 is 0 Å². The summed E-state index contributed by atoms with van der Waals surface area (Å²) in [5.74, 6) is 2.15. The first-order chi connectivity index (χ1) is 18.2. The highest BCUT2D eigenvalue weighted by atomic mass is 16.2. The Bertz CT molecular complexity index is 1210. The van der Waals surface area contributed by atoms with Crippen molar-refractivity contribution in [2.75, 3.05) is 44.6 Å². The van der Waals surface area contributed by atoms with E-state index < -0.39 is 0 Å². The van der Waals surface area contributed by atoms with Crippen molar-refractivity contribution in [2.45, 2.75) is 45.4 Å². The topological polar surface area (TPSA) is 66.3 Å². The Morgan fingerprint density at radius 2 is 1.78 bits per heavy atom. The molecule has 1 amide bonds. The Morgan fingerprint density at radius 3 is 2.59 bits per heavy atom. The van der Waals surface area contributed by atoms with E-state index in [4.69, 9.17) is 0 Å². The Morgan fingerprint density at radius 1 is 0.973 bits per heavy atom. The van der Waals surface area contributed by atoms with Gasteiger partial charge in [-0.05, 0) is 42.2 Å². The number of hydrogen-bond acceptors (Lipinski definition) is 5. The van der Waals surface area contributed by atoms with Crippen molar-refractivity contribution in [3.05, 3.63) is 77.4 Å². The number of aryl methyl sites for hydroxylation is 3. The van der Waals surface area contributed by atoms with E-state index in [-0.39, 0.29) is 5.91 Å². The molecule has 7 nitrogen and oxygen atoms in total. The number of rotatable bonds is 10. The number of nitrogens with zero attached hydrogens (tertiary/aromatic N) is 5. The van der Waals surface area contributed by atoms with Crippen molar-refractivity contribution in [3.8, 4) is 5.69 Å². The van der Waals surface area contributed by atoms with E-state index in [1.54, 1.807) is 0 Å². The molecular weight excluding hydrogens is 460 g/mol. The van der Waals surface area contributed by atoms with Crippen molar-refractivity contribution in [1.82, 2.24) is 24.6 Å². The lowest BCUT2D eigenvalue weighted by Gasteiger charge is -2.33. The van der Waals surface area contributed by atoms with E-state index in [2.05, 4.69) is 85.4 Å². The fourth-order valence-electron chi connectivity index (χ4n) is 5.25. The minimum atomic E-state index is 0.0541. The second kappa shape index (κ2) is 12.3. The molecule has 1 fully saturated rings. The molecule has 194 valence electrons.